The van der Waals surface area contributed by atoms with Gasteiger partial charge in [-0.3, -0.25) is 71.9 Å². The number of hydrogen-bond acceptors (Lipinski definition) is 23. The lowest BCUT2D eigenvalue weighted by Crippen LogP contribution is -2.62. The first-order valence-electron chi connectivity index (χ1n) is 32.8. The number of carboxylic acid groups (broad SMARTS) is 2. The number of amides is 14. The van der Waals surface area contributed by atoms with Crippen molar-refractivity contribution in [2.45, 2.75) is 223 Å². The van der Waals surface area contributed by atoms with E-state index in [9.17, 15) is 102 Å². The molecule has 0 heterocycles. The maximum atomic E-state index is 14.1. The lowest BCUT2D eigenvalue weighted by atomic mass is 9.97. The Morgan fingerprint density at radius 3 is 1.22 bits per heavy atom. The number of aliphatic hydroxyl groups is 3. The van der Waals surface area contributed by atoms with Gasteiger partial charge in [-0.25, -0.2) is 4.79 Å². The van der Waals surface area contributed by atoms with Gasteiger partial charge in [0.25, 0.3) is 0 Å². The van der Waals surface area contributed by atoms with Crippen LogP contribution in [0.15, 0.2) is 0 Å². The highest BCUT2D eigenvalue weighted by atomic mass is 16.4. The van der Waals surface area contributed by atoms with Gasteiger partial charge in [-0.1, -0.05) is 48.0 Å². The monoisotopic (exact) mass is 1420 g/mol. The standard InChI is InChI=1S/C60H108N18O21/c1-8-31(6)47(77-52(90)35(16-10-13-21-62)69-55(93)41(28-80)75-50(88)34(15-9-12-20-61)70-58(96)46(30(4)5)76-49(87)33(64)24-42(65)82)57(95)67-26-44(84)68-40(27-79)56(94)78-48(32(7)81)59(97)71-36(18-19-45(85)86)51(89)74-39(25-43(66)83)54(92)73-38(23-29(2)3)53(91)72-37(60(98)99)17-11-14-22-63/h29-41,46-48,79-81H,8-28,61-64H2,1-7H3,(H2,65,82)(H2,66,83)(H,67,95)(H,68,84)(H,69,93)(H,70,96)(H,71,97)(H,72,91)(H,73,92)(H,74,89)(H,75,88)(H,76,87)(H,77,90)(H,78,94)(H,85,86)(H,98,99)/t31-,32+,33-,34-,35-,36-,37-,38-,39-,40-,41-,46-,47-,48-/m0/s1. The van der Waals surface area contributed by atoms with Gasteiger partial charge in [0.05, 0.1) is 44.7 Å². The highest BCUT2D eigenvalue weighted by molar-refractivity contribution is 6.00. The van der Waals surface area contributed by atoms with Crippen LogP contribution in [0.3, 0.4) is 0 Å². The van der Waals surface area contributed by atoms with E-state index in [1.165, 1.54) is 0 Å². The van der Waals surface area contributed by atoms with Crippen molar-refractivity contribution in [3.8, 4) is 0 Å². The highest BCUT2D eigenvalue weighted by Gasteiger charge is 2.38. The zero-order chi connectivity index (χ0) is 75.8. The molecule has 0 aromatic carbocycles. The third kappa shape index (κ3) is 35.5. The van der Waals surface area contributed by atoms with Crippen molar-refractivity contribution in [2.75, 3.05) is 39.4 Å². The van der Waals surface area contributed by atoms with E-state index >= 15 is 0 Å². The molecule has 0 saturated carbocycles. The van der Waals surface area contributed by atoms with Crippen molar-refractivity contribution in [3.63, 3.8) is 0 Å². The molecular formula is C60H108N18O21. The van der Waals surface area contributed by atoms with Gasteiger partial charge in [0.15, 0.2) is 0 Å². The van der Waals surface area contributed by atoms with Crippen LogP contribution in [0.25, 0.3) is 0 Å². The lowest BCUT2D eigenvalue weighted by molar-refractivity contribution is -0.143. The Morgan fingerprint density at radius 2 is 0.778 bits per heavy atom. The number of carbonyl (C=O) groups is 16. The van der Waals surface area contributed by atoms with Gasteiger partial charge in [0.2, 0.25) is 82.7 Å². The summed E-state index contributed by atoms with van der Waals surface area (Å²) in [6.07, 6.45) is -2.71. The maximum absolute atomic E-state index is 14.1. The summed E-state index contributed by atoms with van der Waals surface area (Å²) in [4.78, 5) is 211. The SMILES string of the molecule is CC[C@H](C)[C@H](NC(=O)[C@H](CCCCN)NC(=O)[C@H](CO)NC(=O)[C@H](CCCCN)NC(=O)[C@@H](NC(=O)[C@@H](N)CC(N)=O)C(C)C)C(=O)NCC(=O)N[C@@H](CO)C(=O)N[C@H](C(=O)N[C@@H](CCC(=O)O)C(=O)N[C@@H](CC(N)=O)C(=O)N[C@@H](CC(C)C)C(=O)N[C@@H](CCCCN)C(=O)O)[C@@H](C)O. The number of aliphatic hydroxyl groups excluding tert-OH is 3. The summed E-state index contributed by atoms with van der Waals surface area (Å²) in [5, 5.41) is 78.5. The van der Waals surface area contributed by atoms with Crippen LogP contribution in [0.4, 0.5) is 0 Å². The molecule has 14 atom stereocenters. The van der Waals surface area contributed by atoms with Gasteiger partial charge in [-0.05, 0) is 115 Å². The average Bonchev–Trinajstić information content (AvgIpc) is 0.870. The number of carboxylic acids is 2. The Kier molecular flexibility index (Phi) is 43.8. The van der Waals surface area contributed by atoms with Gasteiger partial charge < -0.3 is 124 Å². The molecule has 0 unspecified atom stereocenters. The van der Waals surface area contributed by atoms with Crippen molar-refractivity contribution in [3.05, 3.63) is 0 Å². The van der Waals surface area contributed by atoms with Gasteiger partial charge in [0.1, 0.15) is 66.5 Å². The quantitative estimate of drug-likeness (QED) is 0.0252. The van der Waals surface area contributed by atoms with E-state index in [4.69, 9.17) is 34.4 Å². The second-order valence-electron chi connectivity index (χ2n) is 24.7. The van der Waals surface area contributed by atoms with Crippen molar-refractivity contribution >= 4 is 94.6 Å². The predicted octanol–water partition coefficient (Wildman–Crippen LogP) is -9.04. The van der Waals surface area contributed by atoms with E-state index in [2.05, 4.69) is 63.8 Å². The molecule has 0 fully saturated rings. The molecule has 99 heavy (non-hydrogen) atoms. The molecule has 0 aliphatic heterocycles. The molecule has 0 aromatic rings. The zero-order valence-electron chi connectivity index (χ0n) is 57.3. The summed E-state index contributed by atoms with van der Waals surface area (Å²) in [6.45, 7) is 8.26. The van der Waals surface area contributed by atoms with Crippen molar-refractivity contribution in [2.24, 2.45) is 52.2 Å². The van der Waals surface area contributed by atoms with Gasteiger partial charge in [-0.2, -0.15) is 0 Å². The molecule has 0 bridgehead atoms. The van der Waals surface area contributed by atoms with Crippen molar-refractivity contribution in [1.82, 2.24) is 63.8 Å². The topological polar surface area (TPSA) is 675 Å². The Morgan fingerprint density at radius 1 is 0.404 bits per heavy atom. The fraction of sp³-hybridized carbons (Fsp3) is 0.733. The number of nitrogens with one attached hydrogen (secondary N) is 12. The average molecular weight is 1420 g/mol. The molecule has 564 valence electrons. The summed E-state index contributed by atoms with van der Waals surface area (Å²) >= 11 is 0. The molecule has 0 radical (unpaired) electrons. The number of hydrogen-bond donors (Lipinski definition) is 23. The zero-order valence-corrected chi connectivity index (χ0v) is 57.3. The number of primary amides is 2. The molecule has 0 aliphatic rings. The summed E-state index contributed by atoms with van der Waals surface area (Å²) in [5.41, 5.74) is 33.2. The molecule has 39 heteroatoms. The summed E-state index contributed by atoms with van der Waals surface area (Å²) in [7, 11) is 0. The third-order valence-electron chi connectivity index (χ3n) is 15.3. The fourth-order valence-electron chi connectivity index (χ4n) is 9.44. The predicted molar refractivity (Wildman–Crippen MR) is 353 cm³/mol. The largest absolute Gasteiger partial charge is 0.481 e. The number of unbranched alkanes of at least 4 members (excludes halogenated alkanes) is 3. The van der Waals surface area contributed by atoms with Crippen LogP contribution < -0.4 is 98.2 Å². The number of nitrogens with two attached hydrogens (primary N) is 6. The molecular weight excluding hydrogens is 1310 g/mol. The van der Waals surface area contributed by atoms with E-state index < -0.39 is 231 Å². The Labute approximate surface area is 573 Å². The van der Waals surface area contributed by atoms with Crippen LogP contribution in [-0.4, -0.2) is 238 Å². The minimum Gasteiger partial charge on any atom is -0.481 e. The van der Waals surface area contributed by atoms with E-state index in [0.29, 0.717) is 25.7 Å². The molecule has 0 aromatic heterocycles. The second kappa shape index (κ2) is 48.1. The second-order valence-corrected chi connectivity index (χ2v) is 24.7. The van der Waals surface area contributed by atoms with Crippen LogP contribution in [-0.2, 0) is 76.7 Å². The Balaban J connectivity index is 6.50. The van der Waals surface area contributed by atoms with Crippen LogP contribution >= 0.6 is 0 Å². The first-order chi connectivity index (χ1) is 46.4. The van der Waals surface area contributed by atoms with Crippen LogP contribution in [0.5, 0.6) is 0 Å². The fourth-order valence-corrected chi connectivity index (χ4v) is 9.44. The minimum absolute atomic E-state index is 0.00634. The van der Waals surface area contributed by atoms with E-state index in [0.717, 1.165) is 6.92 Å². The highest BCUT2D eigenvalue weighted by Crippen LogP contribution is 2.14. The molecule has 14 amide bonds. The maximum Gasteiger partial charge on any atom is 0.326 e. The Hall–Kier alpha value is -8.76. The normalized spacial score (nSPS) is 15.4. The van der Waals surface area contributed by atoms with Crippen molar-refractivity contribution < 1.29 is 102 Å². The van der Waals surface area contributed by atoms with E-state index in [1.807, 2.05) is 0 Å². The molecule has 0 spiro atoms. The molecule has 29 N–H and O–H groups in total. The summed E-state index contributed by atoms with van der Waals surface area (Å²) in [6, 6.07) is -19.2. The smallest absolute Gasteiger partial charge is 0.326 e. The lowest BCUT2D eigenvalue weighted by Gasteiger charge is -2.28. The number of aliphatic carboxylic acids is 2. The first-order valence-corrected chi connectivity index (χ1v) is 32.8. The van der Waals surface area contributed by atoms with Crippen LogP contribution in [0, 0.1) is 17.8 Å². The molecule has 39 nitrogen and oxygen atoms in total. The number of rotatable bonds is 52. The van der Waals surface area contributed by atoms with Gasteiger partial charge in [0, 0.05) is 6.42 Å². The van der Waals surface area contributed by atoms with E-state index in [1.54, 1.807) is 41.5 Å². The Bertz CT molecular complexity index is 2710. The first kappa shape index (κ1) is 90.2. The van der Waals surface area contributed by atoms with Gasteiger partial charge >= 0.3 is 11.9 Å². The van der Waals surface area contributed by atoms with Crippen LogP contribution in [0.1, 0.15) is 145 Å². The summed E-state index contributed by atoms with van der Waals surface area (Å²) < 4.78 is 0. The summed E-state index contributed by atoms with van der Waals surface area (Å²) in [5.74, 6) is -19.3. The van der Waals surface area contributed by atoms with E-state index in [-0.39, 0.29) is 70.5 Å². The van der Waals surface area contributed by atoms with Gasteiger partial charge in [-0.15, -0.1) is 0 Å². The number of carbonyl (C=O) groups excluding carboxylic acids is 14. The third-order valence-corrected chi connectivity index (χ3v) is 15.3. The van der Waals surface area contributed by atoms with Crippen molar-refractivity contribution in [1.29, 1.82) is 0 Å². The van der Waals surface area contributed by atoms with Crippen LogP contribution in [0.2, 0.25) is 0 Å². The minimum atomic E-state index is -2.04. The molecule has 0 saturated heterocycles. The molecule has 0 aliphatic carbocycles. The molecule has 0 rings (SSSR count).